The number of amides is 1. The van der Waals surface area contributed by atoms with Crippen molar-refractivity contribution in [2.75, 3.05) is 19.6 Å². The second-order valence-electron chi connectivity index (χ2n) is 5.85. The molecule has 0 spiro atoms. The zero-order chi connectivity index (χ0) is 15.9. The quantitative estimate of drug-likeness (QED) is 0.849. The van der Waals surface area contributed by atoms with Crippen LogP contribution in [0.5, 0.6) is 0 Å². The highest BCUT2D eigenvalue weighted by Crippen LogP contribution is 2.30. The maximum Gasteiger partial charge on any atom is 0.436 e. The standard InChI is InChI=1S/C14H15F4N3O/c15-10-1-2-11(20-12(10)14(16,17)18)13(22)19-9-5-8-3-4-21(6-8)7-9/h1-2,8-9H,3-7H2,(H,19,22). The van der Waals surface area contributed by atoms with Crippen LogP contribution in [-0.2, 0) is 6.18 Å². The number of nitrogens with one attached hydrogen (secondary N) is 1. The molecule has 22 heavy (non-hydrogen) atoms. The number of carbonyl (C=O) groups excluding carboxylic acids is 1. The lowest BCUT2D eigenvalue weighted by Crippen LogP contribution is -2.47. The minimum absolute atomic E-state index is 0.102. The van der Waals surface area contributed by atoms with Gasteiger partial charge in [-0.2, -0.15) is 13.2 Å². The molecule has 3 unspecified atom stereocenters. The molecule has 3 atom stereocenters. The first-order valence-electron chi connectivity index (χ1n) is 7.10. The van der Waals surface area contributed by atoms with Crippen molar-refractivity contribution < 1.29 is 22.4 Å². The number of aromatic nitrogens is 1. The Morgan fingerprint density at radius 2 is 2.09 bits per heavy atom. The van der Waals surface area contributed by atoms with Gasteiger partial charge in [0.05, 0.1) is 0 Å². The molecule has 8 heteroatoms. The fourth-order valence-corrected chi connectivity index (χ4v) is 3.19. The van der Waals surface area contributed by atoms with Crippen LogP contribution in [0.3, 0.4) is 0 Å². The SMILES string of the molecule is O=C(NC1CC2CCN(C2)C1)c1ccc(F)c(C(F)(F)F)n1. The Bertz CT molecular complexity index is 578. The highest BCUT2D eigenvalue weighted by Gasteiger charge is 2.37. The van der Waals surface area contributed by atoms with Crippen LogP contribution in [0, 0.1) is 11.7 Å². The number of alkyl halides is 3. The molecule has 0 aromatic carbocycles. The first kappa shape index (κ1) is 15.2. The Kier molecular flexibility index (Phi) is 3.80. The molecule has 1 N–H and O–H groups in total. The minimum atomic E-state index is -4.92. The molecule has 1 amide bonds. The molecule has 2 bridgehead atoms. The van der Waals surface area contributed by atoms with Crippen molar-refractivity contribution >= 4 is 5.91 Å². The number of hydrogen-bond acceptors (Lipinski definition) is 3. The highest BCUT2D eigenvalue weighted by atomic mass is 19.4. The number of nitrogens with zero attached hydrogens (tertiary/aromatic N) is 2. The Morgan fingerprint density at radius 1 is 1.32 bits per heavy atom. The third-order valence-corrected chi connectivity index (χ3v) is 4.15. The van der Waals surface area contributed by atoms with Gasteiger partial charge >= 0.3 is 6.18 Å². The van der Waals surface area contributed by atoms with Gasteiger partial charge in [-0.25, -0.2) is 9.37 Å². The number of carbonyl (C=O) groups is 1. The molecule has 1 aromatic heterocycles. The first-order valence-corrected chi connectivity index (χ1v) is 7.10. The predicted octanol–water partition coefficient (Wildman–Crippen LogP) is 2.06. The van der Waals surface area contributed by atoms with Crippen LogP contribution in [0.1, 0.15) is 29.0 Å². The molecule has 0 saturated carbocycles. The molecular formula is C14H15F4N3O. The van der Waals surface area contributed by atoms with E-state index < -0.39 is 29.3 Å². The normalized spacial score (nSPS) is 27.7. The molecule has 2 saturated heterocycles. The van der Waals surface area contributed by atoms with Gasteiger partial charge in [-0.3, -0.25) is 4.79 Å². The third-order valence-electron chi connectivity index (χ3n) is 4.15. The lowest BCUT2D eigenvalue weighted by Gasteiger charge is -2.30. The van der Waals surface area contributed by atoms with Crippen LogP contribution in [0.2, 0.25) is 0 Å². The molecule has 1 aromatic rings. The number of hydrogen-bond donors (Lipinski definition) is 1. The van der Waals surface area contributed by atoms with Crippen molar-refractivity contribution in [3.05, 3.63) is 29.3 Å². The van der Waals surface area contributed by atoms with Crippen molar-refractivity contribution in [2.45, 2.75) is 25.1 Å². The number of rotatable bonds is 2. The van der Waals surface area contributed by atoms with Crippen molar-refractivity contribution in [3.8, 4) is 0 Å². The summed E-state index contributed by atoms with van der Waals surface area (Å²) in [6.45, 7) is 2.69. The van der Waals surface area contributed by atoms with Crippen molar-refractivity contribution in [1.82, 2.24) is 15.2 Å². The van der Waals surface area contributed by atoms with Crippen molar-refractivity contribution in [3.63, 3.8) is 0 Å². The van der Waals surface area contributed by atoms with Crippen LogP contribution < -0.4 is 5.32 Å². The molecule has 3 rings (SSSR count). The summed E-state index contributed by atoms with van der Waals surface area (Å²) in [5.41, 5.74) is -2.07. The zero-order valence-corrected chi connectivity index (χ0v) is 11.7. The maximum absolute atomic E-state index is 13.2. The summed E-state index contributed by atoms with van der Waals surface area (Å²) in [5.74, 6) is -1.66. The van der Waals surface area contributed by atoms with Gasteiger partial charge in [0, 0.05) is 19.1 Å². The third kappa shape index (κ3) is 3.06. The van der Waals surface area contributed by atoms with E-state index in [0.29, 0.717) is 18.5 Å². The van der Waals surface area contributed by atoms with E-state index in [1.807, 2.05) is 0 Å². The van der Waals surface area contributed by atoms with Gasteiger partial charge in [-0.1, -0.05) is 0 Å². The zero-order valence-electron chi connectivity index (χ0n) is 11.7. The summed E-state index contributed by atoms with van der Waals surface area (Å²) in [4.78, 5) is 17.4. The van der Waals surface area contributed by atoms with Crippen LogP contribution in [0.15, 0.2) is 12.1 Å². The van der Waals surface area contributed by atoms with Gasteiger partial charge in [0.15, 0.2) is 11.5 Å². The van der Waals surface area contributed by atoms with Crippen LogP contribution in [-0.4, -0.2) is 41.5 Å². The predicted molar refractivity (Wildman–Crippen MR) is 69.6 cm³/mol. The van der Waals surface area contributed by atoms with Crippen LogP contribution >= 0.6 is 0 Å². The average Bonchev–Trinajstić information content (AvgIpc) is 2.77. The largest absolute Gasteiger partial charge is 0.436 e. The molecule has 3 heterocycles. The topological polar surface area (TPSA) is 45.2 Å². The maximum atomic E-state index is 13.2. The van der Waals surface area contributed by atoms with Gasteiger partial charge < -0.3 is 10.2 Å². The molecule has 2 aliphatic rings. The van der Waals surface area contributed by atoms with E-state index in [-0.39, 0.29) is 6.04 Å². The second-order valence-corrected chi connectivity index (χ2v) is 5.85. The van der Waals surface area contributed by atoms with Crippen molar-refractivity contribution in [2.24, 2.45) is 5.92 Å². The monoisotopic (exact) mass is 317 g/mol. The molecule has 2 fully saturated rings. The Balaban J connectivity index is 1.72. The van der Waals surface area contributed by atoms with E-state index in [9.17, 15) is 22.4 Å². The van der Waals surface area contributed by atoms with E-state index in [1.54, 1.807) is 0 Å². The lowest BCUT2D eigenvalue weighted by atomic mass is 9.97. The van der Waals surface area contributed by atoms with E-state index in [2.05, 4.69) is 15.2 Å². The fourth-order valence-electron chi connectivity index (χ4n) is 3.19. The summed E-state index contributed by atoms with van der Waals surface area (Å²) in [7, 11) is 0. The van der Waals surface area contributed by atoms with Gasteiger partial charge in [-0.05, 0) is 37.4 Å². The van der Waals surface area contributed by atoms with Gasteiger partial charge in [0.25, 0.3) is 5.91 Å². The van der Waals surface area contributed by atoms with Crippen molar-refractivity contribution in [1.29, 1.82) is 0 Å². The van der Waals surface area contributed by atoms with E-state index in [1.165, 1.54) is 0 Å². The minimum Gasteiger partial charge on any atom is -0.347 e. The molecule has 120 valence electrons. The van der Waals surface area contributed by atoms with Gasteiger partial charge in [0.2, 0.25) is 0 Å². The second kappa shape index (κ2) is 5.49. The Morgan fingerprint density at radius 3 is 2.77 bits per heavy atom. The average molecular weight is 317 g/mol. The Labute approximate surface area is 124 Å². The molecular weight excluding hydrogens is 302 g/mol. The first-order chi connectivity index (χ1) is 10.3. The smallest absolute Gasteiger partial charge is 0.347 e. The van der Waals surface area contributed by atoms with E-state index in [0.717, 1.165) is 32.0 Å². The fraction of sp³-hybridized carbons (Fsp3) is 0.571. The van der Waals surface area contributed by atoms with E-state index in [4.69, 9.17) is 0 Å². The van der Waals surface area contributed by atoms with Crippen LogP contribution in [0.4, 0.5) is 17.6 Å². The number of fused-ring (bicyclic) bond motifs is 2. The summed E-state index contributed by atoms with van der Waals surface area (Å²) in [5, 5.41) is 2.70. The number of pyridine rings is 1. The number of piperidine rings is 1. The lowest BCUT2D eigenvalue weighted by molar-refractivity contribution is -0.143. The summed E-state index contributed by atoms with van der Waals surface area (Å²) >= 11 is 0. The summed E-state index contributed by atoms with van der Waals surface area (Å²) in [6.07, 6.45) is -3.02. The molecule has 0 aliphatic carbocycles. The molecule has 0 radical (unpaired) electrons. The van der Waals surface area contributed by atoms with Gasteiger partial charge in [0.1, 0.15) is 5.69 Å². The van der Waals surface area contributed by atoms with Crippen LogP contribution in [0.25, 0.3) is 0 Å². The highest BCUT2D eigenvalue weighted by molar-refractivity contribution is 5.92. The molecule has 4 nitrogen and oxygen atoms in total. The summed E-state index contributed by atoms with van der Waals surface area (Å²) < 4.78 is 51.0. The number of halogens is 4. The van der Waals surface area contributed by atoms with Gasteiger partial charge in [-0.15, -0.1) is 0 Å². The molecule has 2 aliphatic heterocycles. The summed E-state index contributed by atoms with van der Waals surface area (Å²) in [6, 6.07) is 1.49. The Hall–Kier alpha value is -1.70. The van der Waals surface area contributed by atoms with E-state index >= 15 is 0 Å².